The van der Waals surface area contributed by atoms with Gasteiger partial charge in [-0.25, -0.2) is 8.42 Å². The molecule has 0 atom stereocenters. The number of halogens is 1. The van der Waals surface area contributed by atoms with Gasteiger partial charge in [-0.3, -0.25) is 9.59 Å². The molecule has 0 aliphatic rings. The third-order valence-electron chi connectivity index (χ3n) is 4.58. The quantitative estimate of drug-likeness (QED) is 0.491. The van der Waals surface area contributed by atoms with Crippen molar-refractivity contribution < 1.29 is 27.5 Å². The first kappa shape index (κ1) is 25.6. The molecule has 2 rings (SSSR count). The molecule has 32 heavy (non-hydrogen) atoms. The average molecular weight is 483 g/mol. The smallest absolute Gasteiger partial charge is 0.309 e. The van der Waals surface area contributed by atoms with Crippen molar-refractivity contribution in [3.8, 4) is 5.75 Å². The highest BCUT2D eigenvalue weighted by Crippen LogP contribution is 2.27. The van der Waals surface area contributed by atoms with Crippen LogP contribution in [0.3, 0.4) is 0 Å². The minimum Gasteiger partial charge on any atom is -0.493 e. The highest BCUT2D eigenvalue weighted by Gasteiger charge is 2.23. The van der Waals surface area contributed by atoms with Crippen LogP contribution >= 0.6 is 11.6 Å². The summed E-state index contributed by atoms with van der Waals surface area (Å²) in [6, 6.07) is 11.5. The zero-order valence-electron chi connectivity index (χ0n) is 18.3. The maximum absolute atomic E-state index is 12.7. The Morgan fingerprint density at radius 3 is 2.44 bits per heavy atom. The number of anilines is 1. The molecule has 0 spiro atoms. The monoisotopic (exact) mass is 482 g/mol. The fourth-order valence-electron chi connectivity index (χ4n) is 2.84. The Labute approximate surface area is 193 Å². The Kier molecular flexibility index (Phi) is 9.49. The summed E-state index contributed by atoms with van der Waals surface area (Å²) in [5, 5.41) is 2.64. The molecule has 8 nitrogen and oxygen atoms in total. The van der Waals surface area contributed by atoms with E-state index in [2.05, 4.69) is 5.32 Å². The first-order valence-corrected chi connectivity index (χ1v) is 11.9. The van der Waals surface area contributed by atoms with Gasteiger partial charge < -0.3 is 14.8 Å². The third-order valence-corrected chi connectivity index (χ3v) is 6.95. The second-order valence-corrected chi connectivity index (χ2v) is 9.15. The van der Waals surface area contributed by atoms with Gasteiger partial charge in [0.25, 0.3) is 5.91 Å². The fourth-order valence-corrected chi connectivity index (χ4v) is 4.49. The highest BCUT2D eigenvalue weighted by molar-refractivity contribution is 7.89. The molecular weight excluding hydrogens is 456 g/mol. The molecule has 1 amide bonds. The number of aryl methyl sites for hydroxylation is 1. The molecule has 0 bridgehead atoms. The van der Waals surface area contributed by atoms with E-state index < -0.39 is 28.5 Å². The lowest BCUT2D eigenvalue weighted by atomic mass is 10.2. The number of carbonyl (C=O) groups excluding carboxylic acids is 2. The number of sulfonamides is 1. The molecule has 1 N–H and O–H groups in total. The van der Waals surface area contributed by atoms with E-state index in [0.29, 0.717) is 18.8 Å². The molecule has 0 radical (unpaired) electrons. The summed E-state index contributed by atoms with van der Waals surface area (Å²) in [7, 11) is -3.71. The van der Waals surface area contributed by atoms with Crippen molar-refractivity contribution in [2.75, 3.05) is 31.6 Å². The Morgan fingerprint density at radius 1 is 1.09 bits per heavy atom. The fraction of sp³-hybridized carbons (Fsp3) is 0.364. The van der Waals surface area contributed by atoms with Crippen LogP contribution in [0.2, 0.25) is 5.02 Å². The van der Waals surface area contributed by atoms with Crippen LogP contribution in [0.15, 0.2) is 47.4 Å². The second-order valence-electron chi connectivity index (χ2n) is 6.80. The molecule has 0 heterocycles. The van der Waals surface area contributed by atoms with E-state index in [-0.39, 0.29) is 28.6 Å². The highest BCUT2D eigenvalue weighted by atomic mass is 35.5. The normalized spacial score (nSPS) is 11.3. The number of para-hydroxylation sites is 1. The van der Waals surface area contributed by atoms with Gasteiger partial charge in [0.2, 0.25) is 10.0 Å². The second kappa shape index (κ2) is 11.8. The van der Waals surface area contributed by atoms with Gasteiger partial charge in [-0.05, 0) is 36.8 Å². The van der Waals surface area contributed by atoms with Crippen LogP contribution in [0.25, 0.3) is 0 Å². The largest absolute Gasteiger partial charge is 0.493 e. The molecule has 0 saturated heterocycles. The van der Waals surface area contributed by atoms with Gasteiger partial charge in [0, 0.05) is 13.1 Å². The SMILES string of the molecule is CCN(CC)S(=O)(=O)c1ccc(Cl)c(NC(=O)COC(=O)CCOc2ccccc2C)c1. The number of benzene rings is 2. The van der Waals surface area contributed by atoms with E-state index in [4.69, 9.17) is 21.1 Å². The summed E-state index contributed by atoms with van der Waals surface area (Å²) in [6.07, 6.45) is -0.0278. The van der Waals surface area contributed by atoms with Crippen LogP contribution in [-0.2, 0) is 24.3 Å². The molecule has 0 saturated carbocycles. The first-order valence-electron chi connectivity index (χ1n) is 10.1. The lowest BCUT2D eigenvalue weighted by Crippen LogP contribution is -2.30. The zero-order chi connectivity index (χ0) is 23.7. The van der Waals surface area contributed by atoms with Crippen LogP contribution in [-0.4, -0.2) is 50.9 Å². The van der Waals surface area contributed by atoms with Crippen LogP contribution in [0.4, 0.5) is 5.69 Å². The molecule has 0 unspecified atom stereocenters. The van der Waals surface area contributed by atoms with E-state index >= 15 is 0 Å². The summed E-state index contributed by atoms with van der Waals surface area (Å²) in [4.78, 5) is 24.1. The Bertz CT molecular complexity index is 1050. The van der Waals surface area contributed by atoms with E-state index in [1.54, 1.807) is 19.9 Å². The molecular formula is C22H27ClN2O6S. The first-order chi connectivity index (χ1) is 15.2. The topological polar surface area (TPSA) is 102 Å². The molecule has 174 valence electrons. The van der Waals surface area contributed by atoms with Crippen LogP contribution in [0, 0.1) is 6.92 Å². The number of rotatable bonds is 11. The van der Waals surface area contributed by atoms with Crippen LogP contribution < -0.4 is 10.1 Å². The van der Waals surface area contributed by atoms with Crippen molar-refractivity contribution in [2.45, 2.75) is 32.1 Å². The van der Waals surface area contributed by atoms with Crippen molar-refractivity contribution in [2.24, 2.45) is 0 Å². The number of hydrogen-bond donors (Lipinski definition) is 1. The van der Waals surface area contributed by atoms with Crippen molar-refractivity contribution in [1.82, 2.24) is 4.31 Å². The number of hydrogen-bond acceptors (Lipinski definition) is 6. The molecule has 2 aromatic carbocycles. The van der Waals surface area contributed by atoms with Gasteiger partial charge in [0.15, 0.2) is 6.61 Å². The predicted octanol–water partition coefficient (Wildman–Crippen LogP) is 3.63. The molecule has 0 fully saturated rings. The molecule has 0 aromatic heterocycles. The lowest BCUT2D eigenvalue weighted by molar-refractivity contribution is -0.147. The van der Waals surface area contributed by atoms with E-state index in [1.165, 1.54) is 22.5 Å². The van der Waals surface area contributed by atoms with Crippen molar-refractivity contribution in [1.29, 1.82) is 0 Å². The number of nitrogens with zero attached hydrogens (tertiary/aromatic N) is 1. The molecule has 2 aromatic rings. The zero-order valence-corrected chi connectivity index (χ0v) is 19.8. The minimum atomic E-state index is -3.71. The summed E-state index contributed by atoms with van der Waals surface area (Å²) in [5.74, 6) is -0.567. The maximum atomic E-state index is 12.7. The minimum absolute atomic E-state index is 0.00579. The predicted molar refractivity (Wildman–Crippen MR) is 122 cm³/mol. The Balaban J connectivity index is 1.89. The van der Waals surface area contributed by atoms with Gasteiger partial charge >= 0.3 is 5.97 Å². The number of amides is 1. The summed E-state index contributed by atoms with van der Waals surface area (Å²) in [6.45, 7) is 5.57. The number of carbonyl (C=O) groups is 2. The summed E-state index contributed by atoms with van der Waals surface area (Å²) >= 11 is 6.09. The average Bonchev–Trinajstić information content (AvgIpc) is 2.75. The third kappa shape index (κ3) is 6.94. The number of ether oxygens (including phenoxy) is 2. The van der Waals surface area contributed by atoms with E-state index in [9.17, 15) is 18.0 Å². The summed E-state index contributed by atoms with van der Waals surface area (Å²) < 4.78 is 37.1. The van der Waals surface area contributed by atoms with Crippen molar-refractivity contribution in [3.05, 3.63) is 53.1 Å². The van der Waals surface area contributed by atoms with Gasteiger partial charge in [-0.1, -0.05) is 43.6 Å². The van der Waals surface area contributed by atoms with Gasteiger partial charge in [0.05, 0.1) is 28.6 Å². The Hall–Kier alpha value is -2.62. The van der Waals surface area contributed by atoms with E-state index in [0.717, 1.165) is 5.56 Å². The molecule has 0 aliphatic carbocycles. The lowest BCUT2D eigenvalue weighted by Gasteiger charge is -2.19. The standard InChI is InChI=1S/C22H27ClN2O6S/c1-4-25(5-2)32(28,29)17-10-11-18(23)19(14-17)24-21(26)15-31-22(27)12-13-30-20-9-7-6-8-16(20)3/h6-11,14H,4-5,12-13,15H2,1-3H3,(H,24,26). The molecule has 10 heteroatoms. The van der Waals surface area contributed by atoms with Gasteiger partial charge in [0.1, 0.15) is 5.75 Å². The van der Waals surface area contributed by atoms with E-state index in [1.807, 2.05) is 25.1 Å². The maximum Gasteiger partial charge on any atom is 0.309 e. The van der Waals surface area contributed by atoms with Crippen LogP contribution in [0.5, 0.6) is 5.75 Å². The van der Waals surface area contributed by atoms with Gasteiger partial charge in [-0.15, -0.1) is 0 Å². The summed E-state index contributed by atoms with van der Waals surface area (Å²) in [5.41, 5.74) is 1.06. The van der Waals surface area contributed by atoms with Crippen molar-refractivity contribution >= 4 is 39.2 Å². The van der Waals surface area contributed by atoms with Crippen LogP contribution in [0.1, 0.15) is 25.8 Å². The molecule has 0 aliphatic heterocycles. The number of nitrogens with one attached hydrogen (secondary N) is 1. The Morgan fingerprint density at radius 2 is 1.78 bits per heavy atom. The van der Waals surface area contributed by atoms with Crippen molar-refractivity contribution in [3.63, 3.8) is 0 Å². The number of esters is 1. The van der Waals surface area contributed by atoms with Gasteiger partial charge in [-0.2, -0.15) is 4.31 Å².